The van der Waals surface area contributed by atoms with E-state index in [1.54, 1.807) is 7.11 Å². The highest BCUT2D eigenvalue weighted by molar-refractivity contribution is 14.0. The maximum Gasteiger partial charge on any atom is 0.191 e. The lowest BCUT2D eigenvalue weighted by Gasteiger charge is -2.19. The fourth-order valence-corrected chi connectivity index (χ4v) is 3.57. The molecule has 0 amide bonds. The van der Waals surface area contributed by atoms with Crippen molar-refractivity contribution in [1.29, 1.82) is 0 Å². The maximum atomic E-state index is 6.31. The molecule has 0 spiro atoms. The number of nitrogens with one attached hydrogen (secondary N) is 2. The number of hydrogen-bond acceptors (Lipinski definition) is 3. The monoisotopic (exact) mass is 485 g/mol. The van der Waals surface area contributed by atoms with E-state index in [1.165, 1.54) is 12.8 Å². The molecule has 0 saturated heterocycles. The van der Waals surface area contributed by atoms with Crippen molar-refractivity contribution < 1.29 is 9.47 Å². The molecule has 1 saturated carbocycles. The lowest BCUT2D eigenvalue weighted by Crippen LogP contribution is -2.42. The van der Waals surface area contributed by atoms with Crippen LogP contribution in [0.5, 0.6) is 11.5 Å². The van der Waals surface area contributed by atoms with Crippen LogP contribution in [0.1, 0.15) is 51.0 Å². The lowest BCUT2D eigenvalue weighted by molar-refractivity contribution is 0.198. The average molecular weight is 485 g/mol. The summed E-state index contributed by atoms with van der Waals surface area (Å²) >= 11 is 0. The molecule has 1 aromatic carbocycles. The van der Waals surface area contributed by atoms with Crippen molar-refractivity contribution in [2.45, 2.75) is 64.1 Å². The summed E-state index contributed by atoms with van der Waals surface area (Å²) in [5.41, 5.74) is 1.07. The van der Waals surface area contributed by atoms with E-state index in [4.69, 9.17) is 14.5 Å². The Morgan fingerprint density at radius 3 is 2.59 bits per heavy atom. The van der Waals surface area contributed by atoms with Crippen molar-refractivity contribution in [2.24, 2.45) is 4.99 Å². The van der Waals surface area contributed by atoms with Crippen LogP contribution in [-0.2, 0) is 6.54 Å². The first-order valence-corrected chi connectivity index (χ1v) is 9.82. The Morgan fingerprint density at radius 1 is 1.19 bits per heavy atom. The molecule has 0 aliphatic heterocycles. The molecule has 0 heterocycles. The third kappa shape index (κ3) is 6.30. The van der Waals surface area contributed by atoms with E-state index < -0.39 is 0 Å². The fourth-order valence-electron chi connectivity index (χ4n) is 3.57. The number of aliphatic imine (C=N–C) groups is 1. The van der Waals surface area contributed by atoms with Gasteiger partial charge in [-0.25, -0.2) is 4.99 Å². The molecule has 27 heavy (non-hydrogen) atoms. The summed E-state index contributed by atoms with van der Waals surface area (Å²) in [5.74, 6) is 2.50. The Balaban J connectivity index is 0.00000261. The largest absolute Gasteiger partial charge is 0.493 e. The van der Waals surface area contributed by atoms with E-state index in [9.17, 15) is 0 Å². The van der Waals surface area contributed by atoms with Crippen LogP contribution in [0.2, 0.25) is 0 Å². The Kier molecular flexibility index (Phi) is 9.24. The van der Waals surface area contributed by atoms with Gasteiger partial charge in [-0.1, -0.05) is 24.3 Å². The number of methoxy groups -OCH3 is 1. The zero-order valence-electron chi connectivity index (χ0n) is 16.4. The number of benzene rings is 1. The first-order chi connectivity index (χ1) is 12.8. The molecule has 1 aromatic rings. The number of guanidine groups is 1. The third-order valence-electron chi connectivity index (χ3n) is 4.97. The van der Waals surface area contributed by atoms with Crippen LogP contribution in [0, 0.1) is 0 Å². The van der Waals surface area contributed by atoms with Gasteiger partial charge in [0.2, 0.25) is 0 Å². The van der Waals surface area contributed by atoms with Gasteiger partial charge >= 0.3 is 0 Å². The summed E-state index contributed by atoms with van der Waals surface area (Å²) in [7, 11) is 1.70. The summed E-state index contributed by atoms with van der Waals surface area (Å²) < 4.78 is 11.9. The molecular weight excluding hydrogens is 453 g/mol. The molecule has 3 rings (SSSR count). The molecular formula is C21H32IN3O2. The summed E-state index contributed by atoms with van der Waals surface area (Å²) in [4.78, 5) is 4.79. The van der Waals surface area contributed by atoms with Gasteiger partial charge in [0.25, 0.3) is 0 Å². The summed E-state index contributed by atoms with van der Waals surface area (Å²) in [6.07, 6.45) is 11.6. The van der Waals surface area contributed by atoms with Crippen molar-refractivity contribution in [3.05, 3.63) is 35.9 Å². The van der Waals surface area contributed by atoms with Gasteiger partial charge in [0.05, 0.1) is 19.8 Å². The van der Waals surface area contributed by atoms with Gasteiger partial charge < -0.3 is 20.1 Å². The van der Waals surface area contributed by atoms with Crippen molar-refractivity contribution >= 4 is 29.9 Å². The van der Waals surface area contributed by atoms with Crippen LogP contribution in [0.4, 0.5) is 0 Å². The Hall–Kier alpha value is -1.44. The average Bonchev–Trinajstić information content (AvgIpc) is 3.34. The molecule has 1 fully saturated rings. The van der Waals surface area contributed by atoms with Crippen LogP contribution in [0.3, 0.4) is 0 Å². The highest BCUT2D eigenvalue weighted by atomic mass is 127. The smallest absolute Gasteiger partial charge is 0.191 e. The molecule has 2 N–H and O–H groups in total. The van der Waals surface area contributed by atoms with Crippen LogP contribution >= 0.6 is 24.0 Å². The number of halogens is 1. The number of rotatable bonds is 7. The highest BCUT2D eigenvalue weighted by Gasteiger charge is 2.20. The Bertz CT molecular complexity index is 634. The molecule has 0 radical (unpaired) electrons. The second-order valence-electron chi connectivity index (χ2n) is 6.95. The minimum atomic E-state index is 0. The molecule has 2 aliphatic rings. The van der Waals surface area contributed by atoms with Crippen molar-refractivity contribution in [1.82, 2.24) is 10.6 Å². The number of para-hydroxylation sites is 1. The van der Waals surface area contributed by atoms with E-state index >= 15 is 0 Å². The van der Waals surface area contributed by atoms with Crippen LogP contribution in [-0.4, -0.2) is 31.8 Å². The van der Waals surface area contributed by atoms with Crippen molar-refractivity contribution in [3.8, 4) is 11.5 Å². The molecule has 0 bridgehead atoms. The predicted molar refractivity (Wildman–Crippen MR) is 121 cm³/mol. The van der Waals surface area contributed by atoms with Crippen LogP contribution in [0.15, 0.2) is 35.3 Å². The lowest BCUT2D eigenvalue weighted by atomic mass is 10.1. The predicted octanol–water partition coefficient (Wildman–Crippen LogP) is 4.41. The normalized spacial score (nSPS) is 17.6. The summed E-state index contributed by atoms with van der Waals surface area (Å²) in [5, 5.41) is 6.85. The van der Waals surface area contributed by atoms with Gasteiger partial charge in [-0.15, -0.1) is 24.0 Å². The van der Waals surface area contributed by atoms with Crippen molar-refractivity contribution in [2.75, 3.05) is 13.7 Å². The van der Waals surface area contributed by atoms with Gasteiger partial charge in [-0.05, 0) is 51.5 Å². The highest BCUT2D eigenvalue weighted by Crippen LogP contribution is 2.35. The molecule has 0 aromatic heterocycles. The van der Waals surface area contributed by atoms with Crippen molar-refractivity contribution in [3.63, 3.8) is 0 Å². The molecule has 6 heteroatoms. The van der Waals surface area contributed by atoms with Crippen LogP contribution in [0.25, 0.3) is 0 Å². The van der Waals surface area contributed by atoms with E-state index in [2.05, 4.69) is 35.8 Å². The molecule has 150 valence electrons. The van der Waals surface area contributed by atoms with Gasteiger partial charge in [0.1, 0.15) is 0 Å². The van der Waals surface area contributed by atoms with Gasteiger partial charge in [-0.3, -0.25) is 0 Å². The Morgan fingerprint density at radius 2 is 1.93 bits per heavy atom. The third-order valence-corrected chi connectivity index (χ3v) is 4.97. The standard InChI is InChI=1S/C21H31N3O2.HI/c1-3-22-21(24-17-10-4-5-11-17)23-15-16-9-8-14-19(25-2)20(16)26-18-12-6-7-13-18;/h4-5,8-9,14,17-18H,3,6-7,10-13,15H2,1-2H3,(H2,22,23,24);1H. The molecule has 0 unspecified atom stereocenters. The zero-order chi connectivity index (χ0) is 18.2. The first-order valence-electron chi connectivity index (χ1n) is 9.82. The Labute approximate surface area is 180 Å². The summed E-state index contributed by atoms with van der Waals surface area (Å²) in [6.45, 7) is 3.49. The van der Waals surface area contributed by atoms with Gasteiger partial charge in [0.15, 0.2) is 17.5 Å². The number of nitrogens with zero attached hydrogens (tertiary/aromatic N) is 1. The van der Waals surface area contributed by atoms with E-state index in [0.717, 1.165) is 55.3 Å². The number of hydrogen-bond donors (Lipinski definition) is 2. The molecule has 0 atom stereocenters. The molecule has 2 aliphatic carbocycles. The minimum Gasteiger partial charge on any atom is -0.493 e. The van der Waals surface area contributed by atoms with E-state index in [1.807, 2.05) is 12.1 Å². The van der Waals surface area contributed by atoms with Crippen LogP contribution < -0.4 is 20.1 Å². The molecule has 5 nitrogen and oxygen atoms in total. The van der Waals surface area contributed by atoms with E-state index in [0.29, 0.717) is 18.7 Å². The van der Waals surface area contributed by atoms with Gasteiger partial charge in [0, 0.05) is 18.2 Å². The first kappa shape index (κ1) is 21.9. The second-order valence-corrected chi connectivity index (χ2v) is 6.95. The second kappa shape index (κ2) is 11.4. The van der Waals surface area contributed by atoms with Gasteiger partial charge in [-0.2, -0.15) is 0 Å². The number of ether oxygens (including phenoxy) is 2. The SMILES string of the molecule is CCNC(=NCc1cccc(OC)c1OC1CCCC1)NC1CC=CC1.I. The maximum absolute atomic E-state index is 6.31. The summed E-state index contributed by atoms with van der Waals surface area (Å²) in [6, 6.07) is 6.49. The topological polar surface area (TPSA) is 54.9 Å². The quantitative estimate of drug-likeness (QED) is 0.260. The van der Waals surface area contributed by atoms with E-state index in [-0.39, 0.29) is 24.0 Å². The fraction of sp³-hybridized carbons (Fsp3) is 0.571. The zero-order valence-corrected chi connectivity index (χ0v) is 18.7. The minimum absolute atomic E-state index is 0.